The lowest BCUT2D eigenvalue weighted by Crippen LogP contribution is -2.10. The van der Waals surface area contributed by atoms with Gasteiger partial charge >= 0.3 is 5.91 Å². The summed E-state index contributed by atoms with van der Waals surface area (Å²) in [6.07, 6.45) is 1.15. The number of hydrogen-bond donors (Lipinski definition) is 1. The van der Waals surface area contributed by atoms with Crippen LogP contribution in [0.25, 0.3) is 11.0 Å². The van der Waals surface area contributed by atoms with Crippen LogP contribution in [0.15, 0.2) is 46.3 Å². The smallest absolute Gasteiger partial charge is 0.301 e. The number of nitrogens with one attached hydrogen (secondary N) is 1. The second-order valence-corrected chi connectivity index (χ2v) is 3.50. The zero-order valence-electron chi connectivity index (χ0n) is 8.54. The molecule has 0 atom stereocenters. The maximum atomic E-state index is 11.9. The number of fused-ring (bicyclic) bond motifs is 1. The molecule has 3 rings (SSSR count). The van der Waals surface area contributed by atoms with E-state index in [2.05, 4.69) is 20.2 Å². The number of para-hydroxylation sites is 2. The summed E-state index contributed by atoms with van der Waals surface area (Å²) in [4.78, 5) is 30.1. The van der Waals surface area contributed by atoms with E-state index < -0.39 is 11.7 Å². The Morgan fingerprint density at radius 3 is 2.76 bits per heavy atom. The van der Waals surface area contributed by atoms with Crippen LogP contribution >= 0.6 is 0 Å². The molecule has 0 unspecified atom stereocenters. The predicted molar refractivity (Wildman–Crippen MR) is 58.4 cm³/mol. The Morgan fingerprint density at radius 1 is 1.24 bits per heavy atom. The van der Waals surface area contributed by atoms with Gasteiger partial charge in [0.05, 0.1) is 17.2 Å². The fourth-order valence-corrected chi connectivity index (χ4v) is 1.59. The zero-order valence-corrected chi connectivity index (χ0v) is 8.54. The van der Waals surface area contributed by atoms with Crippen LogP contribution in [0.1, 0.15) is 10.6 Å². The summed E-state index contributed by atoms with van der Waals surface area (Å²) in [6.45, 7) is 0. The topological polar surface area (TPSA) is 87.5 Å². The molecule has 1 aliphatic rings. The maximum absolute atomic E-state index is 11.9. The average molecular weight is 226 g/mol. The summed E-state index contributed by atoms with van der Waals surface area (Å²) >= 11 is 0. The van der Waals surface area contributed by atoms with E-state index in [1.54, 1.807) is 12.1 Å². The zero-order chi connectivity index (χ0) is 11.8. The number of hydrogen-bond acceptors (Lipinski definition) is 4. The highest BCUT2D eigenvalue weighted by atomic mass is 16.2. The van der Waals surface area contributed by atoms with Crippen LogP contribution in [-0.4, -0.2) is 21.7 Å². The van der Waals surface area contributed by atoms with Crippen LogP contribution < -0.4 is 0 Å². The van der Waals surface area contributed by atoms with Crippen LogP contribution in [0.2, 0.25) is 0 Å². The van der Waals surface area contributed by atoms with Gasteiger partial charge in [-0.25, -0.2) is 4.98 Å². The highest BCUT2D eigenvalue weighted by molar-refractivity contribution is 6.25. The number of benzene rings is 1. The number of ketones is 1. The van der Waals surface area contributed by atoms with Crippen molar-refractivity contribution in [1.82, 2.24) is 9.97 Å². The van der Waals surface area contributed by atoms with Crippen molar-refractivity contribution in [3.05, 3.63) is 41.9 Å². The molecule has 0 spiro atoms. The monoisotopic (exact) mass is 226 g/mol. The number of carbonyl (C=O) groups excluding carboxylic acids is 2. The van der Waals surface area contributed by atoms with E-state index in [1.165, 1.54) is 0 Å². The average Bonchev–Trinajstić information content (AvgIpc) is 2.93. The molecule has 0 saturated carbocycles. The van der Waals surface area contributed by atoms with Crippen molar-refractivity contribution in [3.8, 4) is 0 Å². The van der Waals surface area contributed by atoms with Gasteiger partial charge in [0.2, 0.25) is 5.78 Å². The molecule has 17 heavy (non-hydrogen) atoms. The largest absolute Gasteiger partial charge is 0.335 e. The number of azo groups is 1. The quantitative estimate of drug-likeness (QED) is 0.623. The van der Waals surface area contributed by atoms with E-state index >= 15 is 0 Å². The van der Waals surface area contributed by atoms with Gasteiger partial charge in [0.1, 0.15) is 5.57 Å². The SMILES string of the molecule is O=C1N=NC=C1C(=O)c1nc2ccccc2[nH]1. The van der Waals surface area contributed by atoms with Gasteiger partial charge in [-0.15, -0.1) is 5.11 Å². The summed E-state index contributed by atoms with van der Waals surface area (Å²) in [5.41, 5.74) is 1.36. The second-order valence-electron chi connectivity index (χ2n) is 3.50. The van der Waals surface area contributed by atoms with Crippen molar-refractivity contribution in [2.24, 2.45) is 10.2 Å². The molecule has 1 aromatic carbocycles. The van der Waals surface area contributed by atoms with E-state index in [4.69, 9.17) is 0 Å². The molecule has 1 N–H and O–H groups in total. The van der Waals surface area contributed by atoms with Crippen LogP contribution in [-0.2, 0) is 4.79 Å². The molecule has 0 fully saturated rings. The third-order valence-corrected chi connectivity index (χ3v) is 2.41. The number of aromatic nitrogens is 2. The van der Waals surface area contributed by atoms with Gasteiger partial charge in [0.15, 0.2) is 5.82 Å². The first-order valence-electron chi connectivity index (χ1n) is 4.90. The van der Waals surface area contributed by atoms with Gasteiger partial charge in [0.25, 0.3) is 0 Å². The number of aromatic amines is 1. The van der Waals surface area contributed by atoms with Gasteiger partial charge < -0.3 is 4.98 Å². The number of rotatable bonds is 2. The molecule has 0 bridgehead atoms. The first-order valence-corrected chi connectivity index (χ1v) is 4.90. The number of carbonyl (C=O) groups is 2. The molecule has 6 heteroatoms. The third-order valence-electron chi connectivity index (χ3n) is 2.41. The van der Waals surface area contributed by atoms with Gasteiger partial charge in [0, 0.05) is 0 Å². The van der Waals surface area contributed by atoms with Crippen molar-refractivity contribution >= 4 is 22.7 Å². The highest BCUT2D eigenvalue weighted by Crippen LogP contribution is 2.16. The number of H-pyrrole nitrogens is 1. The Labute approximate surface area is 95.1 Å². The first-order chi connectivity index (χ1) is 8.25. The number of nitrogens with zero attached hydrogens (tertiary/aromatic N) is 3. The van der Waals surface area contributed by atoms with Crippen molar-refractivity contribution in [1.29, 1.82) is 0 Å². The second kappa shape index (κ2) is 3.44. The molecule has 2 heterocycles. The van der Waals surface area contributed by atoms with Gasteiger partial charge in [-0.05, 0) is 12.1 Å². The molecule has 1 amide bonds. The Hall–Kier alpha value is -2.63. The van der Waals surface area contributed by atoms with E-state index in [1.807, 2.05) is 12.1 Å². The fraction of sp³-hybridized carbons (Fsp3) is 0. The summed E-state index contributed by atoms with van der Waals surface area (Å²) < 4.78 is 0. The van der Waals surface area contributed by atoms with Gasteiger partial charge in [-0.2, -0.15) is 5.11 Å². The molecule has 1 aromatic heterocycles. The molecular weight excluding hydrogens is 220 g/mol. The van der Waals surface area contributed by atoms with Crippen LogP contribution in [0, 0.1) is 0 Å². The van der Waals surface area contributed by atoms with Crippen LogP contribution in [0.3, 0.4) is 0 Å². The Bertz CT molecular complexity index is 663. The van der Waals surface area contributed by atoms with Gasteiger partial charge in [-0.3, -0.25) is 9.59 Å². The number of amides is 1. The van der Waals surface area contributed by atoms with Crippen molar-refractivity contribution in [3.63, 3.8) is 0 Å². The molecular formula is C11H6N4O2. The molecule has 6 nitrogen and oxygen atoms in total. The van der Waals surface area contributed by atoms with Crippen molar-refractivity contribution < 1.29 is 9.59 Å². The highest BCUT2D eigenvalue weighted by Gasteiger charge is 2.25. The van der Waals surface area contributed by atoms with E-state index in [-0.39, 0.29) is 11.4 Å². The fourth-order valence-electron chi connectivity index (χ4n) is 1.59. The maximum Gasteiger partial charge on any atom is 0.301 e. The Kier molecular flexibility index (Phi) is 1.94. The molecule has 0 aliphatic carbocycles. The molecule has 82 valence electrons. The first kappa shape index (κ1) is 9.59. The molecule has 1 aliphatic heterocycles. The Balaban J connectivity index is 2.05. The standard InChI is InChI=1S/C11H6N4O2/c16-9(6-5-12-15-11(6)17)10-13-7-3-1-2-4-8(7)14-10/h1-5H,(H,13,14). The summed E-state index contributed by atoms with van der Waals surface area (Å²) in [5, 5.41) is 6.65. The van der Waals surface area contributed by atoms with E-state index in [0.717, 1.165) is 11.7 Å². The summed E-state index contributed by atoms with van der Waals surface area (Å²) in [5.74, 6) is -0.996. The number of imidazole rings is 1. The Morgan fingerprint density at radius 2 is 2.06 bits per heavy atom. The predicted octanol–water partition coefficient (Wildman–Crippen LogP) is 1.62. The van der Waals surface area contributed by atoms with Gasteiger partial charge in [-0.1, -0.05) is 12.1 Å². The lowest BCUT2D eigenvalue weighted by molar-refractivity contribution is -0.114. The lowest BCUT2D eigenvalue weighted by atomic mass is 10.2. The summed E-state index contributed by atoms with van der Waals surface area (Å²) in [6, 6.07) is 7.24. The number of Topliss-reactive ketones (excluding diaryl/α,β-unsaturated/α-hetero) is 1. The molecule has 2 aromatic rings. The third kappa shape index (κ3) is 1.46. The normalized spacial score (nSPS) is 14.4. The van der Waals surface area contributed by atoms with Crippen LogP contribution in [0.4, 0.5) is 0 Å². The van der Waals surface area contributed by atoms with Crippen molar-refractivity contribution in [2.75, 3.05) is 0 Å². The lowest BCUT2D eigenvalue weighted by Gasteiger charge is -1.92. The van der Waals surface area contributed by atoms with Crippen LogP contribution in [0.5, 0.6) is 0 Å². The minimum Gasteiger partial charge on any atom is -0.335 e. The van der Waals surface area contributed by atoms with E-state index in [0.29, 0.717) is 5.52 Å². The minimum atomic E-state index is -0.629. The van der Waals surface area contributed by atoms with Crippen molar-refractivity contribution in [2.45, 2.75) is 0 Å². The van der Waals surface area contributed by atoms with E-state index in [9.17, 15) is 9.59 Å². The molecule has 0 radical (unpaired) electrons. The summed E-state index contributed by atoms with van der Waals surface area (Å²) in [7, 11) is 0. The molecule has 0 saturated heterocycles. The minimum absolute atomic E-state index is 0.0657.